The van der Waals surface area contributed by atoms with E-state index in [9.17, 15) is 14.0 Å². The lowest BCUT2D eigenvalue weighted by atomic mass is 9.83. The van der Waals surface area contributed by atoms with E-state index in [1.807, 2.05) is 13.8 Å². The van der Waals surface area contributed by atoms with Gasteiger partial charge in [-0.25, -0.2) is 9.18 Å². The lowest BCUT2D eigenvalue weighted by molar-refractivity contribution is -0.121. The minimum atomic E-state index is -1.72. The molecular weight excluding hydrogens is 425 g/mol. The average Bonchev–Trinajstić information content (AvgIpc) is 3.13. The van der Waals surface area contributed by atoms with Gasteiger partial charge in [0.1, 0.15) is 5.82 Å². The quantitative estimate of drug-likeness (QED) is 0.541. The predicted octanol–water partition coefficient (Wildman–Crippen LogP) is 5.34. The van der Waals surface area contributed by atoms with Crippen LogP contribution in [0.25, 0.3) is 0 Å². The zero-order chi connectivity index (χ0) is 23.5. The van der Waals surface area contributed by atoms with Gasteiger partial charge in [0.05, 0.1) is 31.5 Å². The van der Waals surface area contributed by atoms with Crippen molar-refractivity contribution in [3.8, 4) is 0 Å². The highest BCUT2D eigenvalue weighted by molar-refractivity contribution is 6.83. The summed E-state index contributed by atoms with van der Waals surface area (Å²) in [6, 6.07) is 4.30. The summed E-state index contributed by atoms with van der Waals surface area (Å²) in [5.74, 6) is 0.0553. The average molecular weight is 458 g/mol. The molecular formula is C23H32FN5O2Si. The van der Waals surface area contributed by atoms with Crippen molar-refractivity contribution in [2.24, 2.45) is 0 Å². The van der Waals surface area contributed by atoms with E-state index in [0.29, 0.717) is 5.82 Å². The molecule has 2 heterocycles. The van der Waals surface area contributed by atoms with Crippen LogP contribution in [-0.4, -0.2) is 35.1 Å². The van der Waals surface area contributed by atoms with E-state index in [4.69, 9.17) is 0 Å². The Balaban J connectivity index is 1.54. The Hall–Kier alpha value is -2.68. The van der Waals surface area contributed by atoms with Gasteiger partial charge in [-0.15, -0.1) is 0 Å². The van der Waals surface area contributed by atoms with E-state index in [0.717, 1.165) is 36.1 Å². The second-order valence-corrected chi connectivity index (χ2v) is 16.1. The first-order valence-corrected chi connectivity index (χ1v) is 14.6. The molecule has 2 aromatic rings. The number of H-pyrrole nitrogens is 1. The summed E-state index contributed by atoms with van der Waals surface area (Å²) in [4.78, 5) is 28.0. The first-order valence-electron chi connectivity index (χ1n) is 11.1. The van der Waals surface area contributed by atoms with Crippen LogP contribution in [0.1, 0.15) is 49.9 Å². The van der Waals surface area contributed by atoms with E-state index < -0.39 is 25.5 Å². The van der Waals surface area contributed by atoms with Gasteiger partial charge in [0.25, 0.3) is 0 Å². The standard InChI is InChI=1S/C23H32FN5O2Si/c1-14-8-9-17(16(24)12-14)25-21(31)29-13-15-18(22(29,2)3)27-28-19(15)26-20(30)23(10-7-11-23)32(4,5)6/h8-9,12H,7,10-11,13H2,1-6H3,(H,25,31)(H2,26,27,28,30). The summed E-state index contributed by atoms with van der Waals surface area (Å²) in [7, 11) is -1.72. The minimum Gasteiger partial charge on any atom is -0.309 e. The molecule has 1 fully saturated rings. The van der Waals surface area contributed by atoms with E-state index in [-0.39, 0.29) is 23.2 Å². The number of hydrogen-bond acceptors (Lipinski definition) is 3. The monoisotopic (exact) mass is 457 g/mol. The fourth-order valence-electron chi connectivity index (χ4n) is 4.92. The smallest absolute Gasteiger partial charge is 0.309 e. The molecule has 4 rings (SSSR count). The molecule has 1 aliphatic carbocycles. The van der Waals surface area contributed by atoms with Crippen LogP contribution in [0.2, 0.25) is 24.7 Å². The molecule has 2 aliphatic rings. The third-order valence-electron chi connectivity index (χ3n) is 7.39. The number of benzene rings is 1. The second-order valence-electron chi connectivity index (χ2n) is 10.6. The van der Waals surface area contributed by atoms with E-state index in [1.54, 1.807) is 24.0 Å². The van der Waals surface area contributed by atoms with Gasteiger partial charge in [0.2, 0.25) is 5.91 Å². The van der Waals surface area contributed by atoms with E-state index >= 15 is 0 Å². The normalized spacial score (nSPS) is 18.7. The summed E-state index contributed by atoms with van der Waals surface area (Å²) in [5, 5.41) is 12.9. The molecule has 7 nitrogen and oxygen atoms in total. The molecule has 3 amide bonds. The number of nitrogens with zero attached hydrogens (tertiary/aromatic N) is 2. The SMILES string of the molecule is Cc1ccc(NC(=O)N2Cc3c(NC(=O)C4([Si](C)(C)C)CCC4)n[nH]c3C2(C)C)c(F)c1. The Morgan fingerprint density at radius 1 is 1.19 bits per heavy atom. The van der Waals surface area contributed by atoms with Crippen molar-refractivity contribution in [1.29, 1.82) is 0 Å². The number of amides is 3. The molecule has 1 aromatic carbocycles. The number of hydrogen-bond donors (Lipinski definition) is 3. The Labute approximate surface area is 189 Å². The van der Waals surface area contributed by atoms with Crippen molar-refractivity contribution in [2.75, 3.05) is 10.6 Å². The Morgan fingerprint density at radius 2 is 1.88 bits per heavy atom. The number of nitrogens with one attached hydrogen (secondary N) is 3. The Morgan fingerprint density at radius 3 is 2.44 bits per heavy atom. The molecule has 9 heteroatoms. The summed E-state index contributed by atoms with van der Waals surface area (Å²) < 4.78 is 14.3. The van der Waals surface area contributed by atoms with Gasteiger partial charge in [0.15, 0.2) is 5.82 Å². The third-order valence-corrected chi connectivity index (χ3v) is 11.0. The van der Waals surface area contributed by atoms with Crippen LogP contribution in [0.4, 0.5) is 20.7 Å². The summed E-state index contributed by atoms with van der Waals surface area (Å²) in [6.07, 6.45) is 2.92. The molecule has 172 valence electrons. The van der Waals surface area contributed by atoms with Crippen LogP contribution >= 0.6 is 0 Å². The Bertz CT molecular complexity index is 1080. The molecule has 0 atom stereocenters. The first kappa shape index (κ1) is 22.5. The zero-order valence-corrected chi connectivity index (χ0v) is 20.6. The molecule has 0 bridgehead atoms. The summed E-state index contributed by atoms with van der Waals surface area (Å²) >= 11 is 0. The number of aryl methyl sites for hydroxylation is 1. The number of fused-ring (bicyclic) bond motifs is 1. The maximum atomic E-state index is 14.3. The van der Waals surface area contributed by atoms with E-state index in [1.165, 1.54) is 6.07 Å². The van der Waals surface area contributed by atoms with Crippen molar-refractivity contribution >= 4 is 31.5 Å². The van der Waals surface area contributed by atoms with Gasteiger partial charge in [0, 0.05) is 10.6 Å². The molecule has 32 heavy (non-hydrogen) atoms. The molecule has 0 spiro atoms. The number of carbonyl (C=O) groups is 2. The van der Waals surface area contributed by atoms with E-state index in [2.05, 4.69) is 40.5 Å². The number of aromatic nitrogens is 2. The van der Waals surface area contributed by atoms with Gasteiger partial charge in [-0.3, -0.25) is 9.89 Å². The Kier molecular flexibility index (Phi) is 5.23. The number of anilines is 2. The maximum Gasteiger partial charge on any atom is 0.323 e. The van der Waals surface area contributed by atoms with Gasteiger partial charge < -0.3 is 15.5 Å². The second kappa shape index (κ2) is 7.43. The van der Waals surface area contributed by atoms with Gasteiger partial charge in [-0.05, 0) is 51.3 Å². The highest BCUT2D eigenvalue weighted by Crippen LogP contribution is 2.56. The van der Waals surface area contributed by atoms with Crippen molar-refractivity contribution < 1.29 is 14.0 Å². The zero-order valence-electron chi connectivity index (χ0n) is 19.6. The lowest BCUT2D eigenvalue weighted by Crippen LogP contribution is -2.52. The fourth-order valence-corrected chi connectivity index (χ4v) is 7.52. The molecule has 1 aromatic heterocycles. The fraction of sp³-hybridized carbons (Fsp3) is 0.522. The molecule has 1 aliphatic heterocycles. The lowest BCUT2D eigenvalue weighted by Gasteiger charge is -2.48. The summed E-state index contributed by atoms with van der Waals surface area (Å²) in [5.41, 5.74) is 1.81. The van der Waals surface area contributed by atoms with Crippen molar-refractivity contribution in [3.05, 3.63) is 40.8 Å². The van der Waals surface area contributed by atoms with Crippen LogP contribution in [0.15, 0.2) is 18.2 Å². The van der Waals surface area contributed by atoms with Gasteiger partial charge in [-0.2, -0.15) is 5.10 Å². The minimum absolute atomic E-state index is 0.0413. The highest BCUT2D eigenvalue weighted by atomic mass is 28.3. The first-order chi connectivity index (χ1) is 14.9. The topological polar surface area (TPSA) is 90.1 Å². The predicted molar refractivity (Wildman–Crippen MR) is 126 cm³/mol. The molecule has 3 N–H and O–H groups in total. The van der Waals surface area contributed by atoms with Crippen LogP contribution in [0.3, 0.4) is 0 Å². The van der Waals surface area contributed by atoms with Crippen molar-refractivity contribution in [1.82, 2.24) is 15.1 Å². The van der Waals surface area contributed by atoms with Gasteiger partial charge >= 0.3 is 6.03 Å². The molecule has 0 unspecified atom stereocenters. The van der Waals surface area contributed by atoms with Crippen LogP contribution < -0.4 is 10.6 Å². The number of halogens is 1. The third kappa shape index (κ3) is 3.43. The molecule has 0 radical (unpaired) electrons. The number of urea groups is 1. The van der Waals surface area contributed by atoms with Crippen LogP contribution in [-0.2, 0) is 16.9 Å². The van der Waals surface area contributed by atoms with Crippen LogP contribution in [0, 0.1) is 12.7 Å². The summed E-state index contributed by atoms with van der Waals surface area (Å²) in [6.45, 7) is 12.6. The highest BCUT2D eigenvalue weighted by Gasteiger charge is 2.54. The van der Waals surface area contributed by atoms with Crippen molar-refractivity contribution in [2.45, 2.75) is 76.8 Å². The number of rotatable bonds is 4. The van der Waals surface area contributed by atoms with Crippen LogP contribution in [0.5, 0.6) is 0 Å². The number of aromatic amines is 1. The molecule has 0 saturated heterocycles. The maximum absolute atomic E-state index is 14.3. The molecule has 1 saturated carbocycles. The van der Waals surface area contributed by atoms with Crippen molar-refractivity contribution in [3.63, 3.8) is 0 Å². The number of carbonyl (C=O) groups excluding carboxylic acids is 2. The largest absolute Gasteiger partial charge is 0.323 e. The van der Waals surface area contributed by atoms with Gasteiger partial charge in [-0.1, -0.05) is 32.1 Å².